The summed E-state index contributed by atoms with van der Waals surface area (Å²) in [6, 6.07) is 18.9. The smallest absolute Gasteiger partial charge is 0.280 e. The molecule has 4 N–H and O–H groups in total. The first-order valence-electron chi connectivity index (χ1n) is 7.67. The minimum Gasteiger partial charge on any atom is -0.370 e. The molecule has 0 saturated carbocycles. The molecule has 0 radical (unpaired) electrons. The molecule has 25 heavy (non-hydrogen) atoms. The monoisotopic (exact) mass is 328 g/mol. The molecule has 0 fully saturated rings. The largest absolute Gasteiger partial charge is 0.370 e. The van der Waals surface area contributed by atoms with Crippen molar-refractivity contribution in [2.75, 3.05) is 0 Å². The number of hydrogen-bond donors (Lipinski definition) is 2. The number of nitrogens with two attached hydrogens (primary N) is 2. The van der Waals surface area contributed by atoms with Crippen LogP contribution in [0.15, 0.2) is 59.6 Å². The van der Waals surface area contributed by atoms with Crippen LogP contribution in [0.2, 0.25) is 0 Å². The number of benzene rings is 3. The SMILES string of the molecule is Cc1ccc2ccc(C(=O)N=C(N)N)cc2c1-c1ccc(C#N)cc1. The van der Waals surface area contributed by atoms with Crippen LogP contribution in [0.5, 0.6) is 0 Å². The van der Waals surface area contributed by atoms with E-state index in [0.717, 1.165) is 27.5 Å². The van der Waals surface area contributed by atoms with E-state index in [2.05, 4.69) is 11.1 Å². The van der Waals surface area contributed by atoms with Crippen molar-refractivity contribution in [1.82, 2.24) is 0 Å². The first-order valence-corrected chi connectivity index (χ1v) is 7.67. The summed E-state index contributed by atoms with van der Waals surface area (Å²) in [7, 11) is 0. The molecule has 5 nitrogen and oxygen atoms in total. The molecule has 0 heterocycles. The number of nitrogens with zero attached hydrogens (tertiary/aromatic N) is 2. The van der Waals surface area contributed by atoms with Crippen molar-refractivity contribution < 1.29 is 4.79 Å². The summed E-state index contributed by atoms with van der Waals surface area (Å²) in [5.41, 5.74) is 14.7. The van der Waals surface area contributed by atoms with Gasteiger partial charge in [-0.15, -0.1) is 0 Å². The maximum atomic E-state index is 12.1. The fourth-order valence-electron chi connectivity index (χ4n) is 2.84. The number of aliphatic imine (C=N–C) groups is 1. The molecule has 3 rings (SSSR count). The van der Waals surface area contributed by atoms with E-state index in [4.69, 9.17) is 16.7 Å². The van der Waals surface area contributed by atoms with Gasteiger partial charge >= 0.3 is 0 Å². The van der Waals surface area contributed by atoms with Crippen molar-refractivity contribution in [2.45, 2.75) is 6.92 Å². The summed E-state index contributed by atoms with van der Waals surface area (Å²) in [6.45, 7) is 2.01. The lowest BCUT2D eigenvalue weighted by molar-refractivity contribution is 0.100. The number of carbonyl (C=O) groups is 1. The van der Waals surface area contributed by atoms with Gasteiger partial charge in [0, 0.05) is 5.56 Å². The molecule has 0 saturated heterocycles. The number of aryl methyl sites for hydroxylation is 1. The number of hydrogen-bond acceptors (Lipinski definition) is 2. The average molecular weight is 328 g/mol. The normalized spacial score (nSPS) is 10.2. The van der Waals surface area contributed by atoms with Crippen LogP contribution in [-0.2, 0) is 0 Å². The molecule has 3 aromatic carbocycles. The Morgan fingerprint density at radius 1 is 1.04 bits per heavy atom. The molecule has 5 heteroatoms. The Kier molecular flexibility index (Phi) is 4.19. The molecule has 0 bridgehead atoms. The van der Waals surface area contributed by atoms with Crippen LogP contribution >= 0.6 is 0 Å². The van der Waals surface area contributed by atoms with Gasteiger partial charge < -0.3 is 11.5 Å². The first kappa shape index (κ1) is 16.2. The van der Waals surface area contributed by atoms with Crippen molar-refractivity contribution >= 4 is 22.6 Å². The van der Waals surface area contributed by atoms with E-state index in [1.165, 1.54) is 0 Å². The Morgan fingerprint density at radius 3 is 2.36 bits per heavy atom. The topological polar surface area (TPSA) is 105 Å². The lowest BCUT2D eigenvalue weighted by Gasteiger charge is -2.12. The molecule has 122 valence electrons. The highest BCUT2D eigenvalue weighted by Crippen LogP contribution is 2.33. The zero-order valence-electron chi connectivity index (χ0n) is 13.7. The quantitative estimate of drug-likeness (QED) is 0.557. The van der Waals surface area contributed by atoms with Crippen molar-refractivity contribution in [3.05, 3.63) is 71.3 Å². The second kappa shape index (κ2) is 6.46. The second-order valence-corrected chi connectivity index (χ2v) is 5.72. The van der Waals surface area contributed by atoms with Gasteiger partial charge in [0.2, 0.25) is 0 Å². The number of rotatable bonds is 2. The number of amides is 1. The van der Waals surface area contributed by atoms with Gasteiger partial charge in [-0.25, -0.2) is 0 Å². The third kappa shape index (κ3) is 3.19. The molecule has 0 atom stereocenters. The van der Waals surface area contributed by atoms with E-state index in [0.29, 0.717) is 11.1 Å². The fraction of sp³-hybridized carbons (Fsp3) is 0.0500. The highest BCUT2D eigenvalue weighted by molar-refractivity contribution is 6.07. The van der Waals surface area contributed by atoms with Crippen LogP contribution in [0.25, 0.3) is 21.9 Å². The summed E-state index contributed by atoms with van der Waals surface area (Å²) in [5.74, 6) is -0.740. The van der Waals surface area contributed by atoms with Gasteiger partial charge in [0.1, 0.15) is 0 Å². The van der Waals surface area contributed by atoms with Crippen LogP contribution < -0.4 is 11.5 Å². The minimum atomic E-state index is -0.478. The lowest BCUT2D eigenvalue weighted by Crippen LogP contribution is -2.24. The summed E-state index contributed by atoms with van der Waals surface area (Å²) < 4.78 is 0. The summed E-state index contributed by atoms with van der Waals surface area (Å²) >= 11 is 0. The van der Waals surface area contributed by atoms with Crippen molar-refractivity contribution in [2.24, 2.45) is 16.5 Å². The van der Waals surface area contributed by atoms with Gasteiger partial charge in [0.05, 0.1) is 11.6 Å². The van der Waals surface area contributed by atoms with Crippen LogP contribution in [0.3, 0.4) is 0 Å². The average Bonchev–Trinajstić information content (AvgIpc) is 2.60. The van der Waals surface area contributed by atoms with Crippen LogP contribution in [0.4, 0.5) is 0 Å². The first-order chi connectivity index (χ1) is 12.0. The maximum Gasteiger partial charge on any atom is 0.280 e. The third-order valence-corrected chi connectivity index (χ3v) is 4.01. The summed E-state index contributed by atoms with van der Waals surface area (Å²) in [4.78, 5) is 15.7. The van der Waals surface area contributed by atoms with Crippen LogP contribution in [0.1, 0.15) is 21.5 Å². The maximum absolute atomic E-state index is 12.1. The highest BCUT2D eigenvalue weighted by atomic mass is 16.1. The van der Waals surface area contributed by atoms with Gasteiger partial charge in [-0.05, 0) is 58.7 Å². The van der Waals surface area contributed by atoms with E-state index in [-0.39, 0.29) is 5.96 Å². The molecule has 3 aromatic rings. The number of carbonyl (C=O) groups excluding carboxylic acids is 1. The van der Waals surface area contributed by atoms with E-state index in [1.54, 1.807) is 24.3 Å². The van der Waals surface area contributed by atoms with E-state index < -0.39 is 5.91 Å². The summed E-state index contributed by atoms with van der Waals surface area (Å²) in [6.07, 6.45) is 0. The Hall–Kier alpha value is -3.65. The standard InChI is InChI=1S/C20H16N4O/c1-12-2-5-14-8-9-16(19(25)24-20(22)23)10-17(14)18(12)15-6-3-13(11-21)4-7-15/h2-10H,1H3,(H4,22,23,24,25). The predicted molar refractivity (Wildman–Crippen MR) is 99.0 cm³/mol. The van der Waals surface area contributed by atoms with Gasteiger partial charge in [-0.2, -0.15) is 10.3 Å². The van der Waals surface area contributed by atoms with Gasteiger partial charge in [-0.3, -0.25) is 4.79 Å². The fourth-order valence-corrected chi connectivity index (χ4v) is 2.84. The summed E-state index contributed by atoms with van der Waals surface area (Å²) in [5, 5.41) is 10.9. The third-order valence-electron chi connectivity index (χ3n) is 4.01. The minimum absolute atomic E-state index is 0.262. The molecule has 0 aromatic heterocycles. The predicted octanol–water partition coefficient (Wildman–Crippen LogP) is 3.10. The van der Waals surface area contributed by atoms with Gasteiger partial charge in [-0.1, -0.05) is 30.3 Å². The van der Waals surface area contributed by atoms with Crippen molar-refractivity contribution in [3.8, 4) is 17.2 Å². The lowest BCUT2D eigenvalue weighted by atomic mass is 9.92. The molecular weight excluding hydrogens is 312 g/mol. The molecular formula is C20H16N4O. The van der Waals surface area contributed by atoms with E-state index in [9.17, 15) is 4.79 Å². The van der Waals surface area contributed by atoms with Gasteiger partial charge in [0.25, 0.3) is 5.91 Å². The number of guanidine groups is 1. The molecule has 0 unspecified atom stereocenters. The van der Waals surface area contributed by atoms with E-state index >= 15 is 0 Å². The Labute approximate surface area is 145 Å². The number of nitriles is 1. The highest BCUT2D eigenvalue weighted by Gasteiger charge is 2.11. The molecule has 0 spiro atoms. The Bertz CT molecular complexity index is 1040. The Balaban J connectivity index is 2.22. The zero-order chi connectivity index (χ0) is 18.0. The molecule has 0 aliphatic heterocycles. The van der Waals surface area contributed by atoms with Crippen LogP contribution in [0, 0.1) is 18.3 Å². The van der Waals surface area contributed by atoms with Crippen LogP contribution in [-0.4, -0.2) is 11.9 Å². The zero-order valence-corrected chi connectivity index (χ0v) is 13.7. The van der Waals surface area contributed by atoms with E-state index in [1.807, 2.05) is 37.3 Å². The van der Waals surface area contributed by atoms with Crippen molar-refractivity contribution in [1.29, 1.82) is 5.26 Å². The second-order valence-electron chi connectivity index (χ2n) is 5.72. The van der Waals surface area contributed by atoms with Gasteiger partial charge in [0.15, 0.2) is 5.96 Å². The molecule has 0 aliphatic carbocycles. The number of fused-ring (bicyclic) bond motifs is 1. The molecule has 1 amide bonds. The van der Waals surface area contributed by atoms with Crippen molar-refractivity contribution in [3.63, 3.8) is 0 Å². The molecule has 0 aliphatic rings. The Morgan fingerprint density at radius 2 is 1.72 bits per heavy atom.